The summed E-state index contributed by atoms with van der Waals surface area (Å²) >= 11 is 19.4. The highest BCUT2D eigenvalue weighted by Gasteiger charge is 2.31. The number of para-hydroxylation sites is 1. The molecule has 1 aliphatic rings. The molecule has 0 spiro atoms. The van der Waals surface area contributed by atoms with E-state index in [0.717, 1.165) is 22.0 Å². The zero-order valence-corrected chi connectivity index (χ0v) is 18.4. The maximum Gasteiger partial charge on any atom is 0.266 e. The number of thioether (sulfide) groups is 1. The monoisotopic (exact) mass is 458 g/mol. The smallest absolute Gasteiger partial charge is 0.266 e. The van der Waals surface area contributed by atoms with Gasteiger partial charge in [-0.05, 0) is 24.3 Å². The maximum atomic E-state index is 12.7. The zero-order valence-electron chi connectivity index (χ0n) is 15.3. The summed E-state index contributed by atoms with van der Waals surface area (Å²) in [5.41, 5.74) is 2.85. The van der Waals surface area contributed by atoms with Crippen molar-refractivity contribution >= 4 is 74.4 Å². The number of carbonyl (C=O) groups is 1. The van der Waals surface area contributed by atoms with E-state index in [-0.39, 0.29) is 5.91 Å². The number of rotatable bonds is 5. The van der Waals surface area contributed by atoms with E-state index in [9.17, 15) is 4.79 Å². The first-order chi connectivity index (χ1) is 14.0. The standard InChI is InChI=1S/C22H16Cl2N2OS2/c1-2-10-26-21(27)20(29-22(26)28)11-14-12-25(19-9-4-3-6-15(14)19)13-16-17(23)7-5-8-18(16)24/h2-9,11-12H,1,10,13H2/b20-11+. The molecular weight excluding hydrogens is 443 g/mol. The summed E-state index contributed by atoms with van der Waals surface area (Å²) in [4.78, 5) is 14.9. The van der Waals surface area contributed by atoms with Crippen LogP contribution in [-0.4, -0.2) is 26.2 Å². The lowest BCUT2D eigenvalue weighted by Gasteiger charge is -2.10. The highest BCUT2D eigenvalue weighted by atomic mass is 35.5. The Balaban J connectivity index is 1.77. The van der Waals surface area contributed by atoms with Crippen LogP contribution in [0.4, 0.5) is 0 Å². The van der Waals surface area contributed by atoms with E-state index in [4.69, 9.17) is 35.4 Å². The van der Waals surface area contributed by atoms with Gasteiger partial charge in [-0.2, -0.15) is 0 Å². The number of amides is 1. The van der Waals surface area contributed by atoms with E-state index in [1.807, 2.05) is 54.7 Å². The highest BCUT2D eigenvalue weighted by molar-refractivity contribution is 8.26. The topological polar surface area (TPSA) is 25.2 Å². The minimum absolute atomic E-state index is 0.0918. The van der Waals surface area contributed by atoms with Gasteiger partial charge < -0.3 is 4.57 Å². The molecule has 4 rings (SSSR count). The van der Waals surface area contributed by atoms with Crippen LogP contribution in [0, 0.1) is 0 Å². The predicted octanol–water partition coefficient (Wildman–Crippen LogP) is 6.38. The van der Waals surface area contributed by atoms with E-state index in [2.05, 4.69) is 11.1 Å². The third-order valence-electron chi connectivity index (χ3n) is 4.68. The lowest BCUT2D eigenvalue weighted by molar-refractivity contribution is -0.121. The molecule has 1 aliphatic heterocycles. The number of benzene rings is 2. The SMILES string of the molecule is C=CCN1C(=O)/C(=C\c2cn(Cc3c(Cl)cccc3Cl)c3ccccc23)SC1=S. The number of fused-ring (bicyclic) bond motifs is 1. The maximum absolute atomic E-state index is 12.7. The summed E-state index contributed by atoms with van der Waals surface area (Å²) in [6, 6.07) is 13.5. The van der Waals surface area contributed by atoms with Gasteiger partial charge in [0.15, 0.2) is 0 Å². The van der Waals surface area contributed by atoms with Crippen LogP contribution < -0.4 is 0 Å². The Kier molecular flexibility index (Phi) is 5.83. The number of aromatic nitrogens is 1. The van der Waals surface area contributed by atoms with E-state index >= 15 is 0 Å². The number of carbonyl (C=O) groups excluding carboxylic acids is 1. The van der Waals surface area contributed by atoms with Crippen LogP contribution in [-0.2, 0) is 11.3 Å². The van der Waals surface area contributed by atoms with Gasteiger partial charge in [0, 0.05) is 44.8 Å². The molecule has 1 saturated heterocycles. The second-order valence-corrected chi connectivity index (χ2v) is 9.00. The molecular formula is C22H16Cl2N2OS2. The minimum Gasteiger partial charge on any atom is -0.342 e. The summed E-state index contributed by atoms with van der Waals surface area (Å²) in [5.74, 6) is -0.0918. The molecule has 2 heterocycles. The van der Waals surface area contributed by atoms with Crippen molar-refractivity contribution in [1.82, 2.24) is 9.47 Å². The molecule has 2 aromatic carbocycles. The molecule has 0 aliphatic carbocycles. The molecule has 1 amide bonds. The van der Waals surface area contributed by atoms with Crippen LogP contribution in [0.5, 0.6) is 0 Å². The molecule has 146 valence electrons. The molecule has 0 unspecified atom stereocenters. The van der Waals surface area contributed by atoms with Crippen molar-refractivity contribution in [1.29, 1.82) is 0 Å². The quantitative estimate of drug-likeness (QED) is 0.251. The van der Waals surface area contributed by atoms with Crippen molar-refractivity contribution in [3.63, 3.8) is 0 Å². The minimum atomic E-state index is -0.0918. The Morgan fingerprint density at radius 2 is 1.83 bits per heavy atom. The van der Waals surface area contributed by atoms with Gasteiger partial charge in [-0.25, -0.2) is 0 Å². The van der Waals surface area contributed by atoms with Crippen LogP contribution in [0.1, 0.15) is 11.1 Å². The molecule has 29 heavy (non-hydrogen) atoms. The molecule has 1 fully saturated rings. The van der Waals surface area contributed by atoms with Crippen molar-refractivity contribution < 1.29 is 4.79 Å². The van der Waals surface area contributed by atoms with E-state index in [1.54, 1.807) is 11.0 Å². The first-order valence-corrected chi connectivity index (χ1v) is 10.8. The molecule has 3 nitrogen and oxygen atoms in total. The predicted molar refractivity (Wildman–Crippen MR) is 128 cm³/mol. The Morgan fingerprint density at radius 1 is 1.10 bits per heavy atom. The van der Waals surface area contributed by atoms with Gasteiger partial charge in [-0.15, -0.1) is 6.58 Å². The Hall–Kier alpha value is -2.05. The fraction of sp³-hybridized carbons (Fsp3) is 0.0909. The van der Waals surface area contributed by atoms with Crippen LogP contribution in [0.15, 0.2) is 66.2 Å². The number of thiocarbonyl (C=S) groups is 1. The van der Waals surface area contributed by atoms with Gasteiger partial charge in [0.25, 0.3) is 5.91 Å². The number of halogens is 2. The van der Waals surface area contributed by atoms with Crippen LogP contribution in [0.2, 0.25) is 10.0 Å². The summed E-state index contributed by atoms with van der Waals surface area (Å²) < 4.78 is 2.64. The third-order valence-corrected chi connectivity index (χ3v) is 6.77. The van der Waals surface area contributed by atoms with Gasteiger partial charge in [0.2, 0.25) is 0 Å². The molecule has 0 N–H and O–H groups in total. The zero-order chi connectivity index (χ0) is 20.5. The first-order valence-electron chi connectivity index (χ1n) is 8.86. The van der Waals surface area contributed by atoms with Crippen molar-refractivity contribution in [3.8, 4) is 0 Å². The lowest BCUT2D eigenvalue weighted by atomic mass is 10.1. The Bertz CT molecular complexity index is 1160. The normalized spacial score (nSPS) is 15.7. The Labute approximate surface area is 188 Å². The van der Waals surface area contributed by atoms with Gasteiger partial charge in [0.1, 0.15) is 4.32 Å². The molecule has 0 radical (unpaired) electrons. The molecule has 1 aromatic heterocycles. The molecule has 0 saturated carbocycles. The number of nitrogens with zero attached hydrogens (tertiary/aromatic N) is 2. The Morgan fingerprint density at radius 3 is 2.55 bits per heavy atom. The second kappa shape index (κ2) is 8.36. The first kappa shape index (κ1) is 20.2. The van der Waals surface area contributed by atoms with Crippen LogP contribution in [0.3, 0.4) is 0 Å². The number of hydrogen-bond donors (Lipinski definition) is 0. The summed E-state index contributed by atoms with van der Waals surface area (Å²) in [6.45, 7) is 4.64. The largest absolute Gasteiger partial charge is 0.342 e. The third kappa shape index (κ3) is 3.88. The van der Waals surface area contributed by atoms with E-state index in [0.29, 0.717) is 32.4 Å². The van der Waals surface area contributed by atoms with Gasteiger partial charge in [-0.3, -0.25) is 9.69 Å². The average Bonchev–Trinajstić information content (AvgIpc) is 3.18. The van der Waals surface area contributed by atoms with Crippen molar-refractivity contribution in [3.05, 3.63) is 87.4 Å². The lowest BCUT2D eigenvalue weighted by Crippen LogP contribution is -2.27. The van der Waals surface area contributed by atoms with Gasteiger partial charge in [-0.1, -0.05) is 77.5 Å². The van der Waals surface area contributed by atoms with Crippen molar-refractivity contribution in [2.45, 2.75) is 6.54 Å². The fourth-order valence-corrected chi connectivity index (χ4v) is 5.09. The van der Waals surface area contributed by atoms with E-state index in [1.165, 1.54) is 11.8 Å². The van der Waals surface area contributed by atoms with Crippen molar-refractivity contribution in [2.75, 3.05) is 6.54 Å². The van der Waals surface area contributed by atoms with Crippen LogP contribution >= 0.6 is 47.2 Å². The second-order valence-electron chi connectivity index (χ2n) is 6.51. The van der Waals surface area contributed by atoms with Gasteiger partial charge >= 0.3 is 0 Å². The number of hydrogen-bond acceptors (Lipinski definition) is 3. The van der Waals surface area contributed by atoms with E-state index < -0.39 is 0 Å². The summed E-state index contributed by atoms with van der Waals surface area (Å²) in [7, 11) is 0. The highest BCUT2D eigenvalue weighted by Crippen LogP contribution is 2.35. The summed E-state index contributed by atoms with van der Waals surface area (Å²) in [6.07, 6.45) is 5.59. The van der Waals surface area contributed by atoms with Crippen molar-refractivity contribution in [2.24, 2.45) is 0 Å². The average molecular weight is 459 g/mol. The molecule has 7 heteroatoms. The van der Waals surface area contributed by atoms with Gasteiger partial charge in [0.05, 0.1) is 11.4 Å². The molecule has 3 aromatic rings. The summed E-state index contributed by atoms with van der Waals surface area (Å²) in [5, 5.41) is 2.30. The van der Waals surface area contributed by atoms with Crippen LogP contribution in [0.25, 0.3) is 17.0 Å². The molecule has 0 atom stereocenters. The molecule has 0 bridgehead atoms. The fourth-order valence-electron chi connectivity index (χ4n) is 3.30.